The Labute approximate surface area is 139 Å². The molecule has 2 rings (SSSR count). The van der Waals surface area contributed by atoms with E-state index in [2.05, 4.69) is 36.6 Å². The van der Waals surface area contributed by atoms with Gasteiger partial charge in [0.15, 0.2) is 0 Å². The number of halogens is 2. The number of para-hydroxylation sites is 1. The van der Waals surface area contributed by atoms with Gasteiger partial charge in [0.1, 0.15) is 4.90 Å². The van der Waals surface area contributed by atoms with E-state index in [0.717, 1.165) is 14.2 Å². The zero-order valence-electron chi connectivity index (χ0n) is 10.9. The number of hydrogen-bond donors (Lipinski definition) is 1. The number of aryl methyl sites for hydroxylation is 1. The summed E-state index contributed by atoms with van der Waals surface area (Å²) in [4.78, 5) is 1.14. The average Bonchev–Trinajstić information content (AvgIpc) is 2.69. The van der Waals surface area contributed by atoms with Gasteiger partial charge < -0.3 is 0 Å². The number of anilines is 1. The maximum Gasteiger partial charge on any atom is 0.263 e. The molecule has 1 N–H and O–H groups in total. The van der Waals surface area contributed by atoms with Crippen LogP contribution in [-0.2, 0) is 10.0 Å². The smallest absolute Gasteiger partial charge is 0.263 e. The van der Waals surface area contributed by atoms with E-state index >= 15 is 0 Å². The van der Waals surface area contributed by atoms with E-state index in [1.807, 2.05) is 25.1 Å². The van der Waals surface area contributed by atoms with Crippen molar-refractivity contribution < 1.29 is 8.42 Å². The maximum atomic E-state index is 12.5. The van der Waals surface area contributed by atoms with Crippen molar-refractivity contribution in [3.05, 3.63) is 44.6 Å². The molecule has 0 saturated heterocycles. The first-order chi connectivity index (χ1) is 9.31. The van der Waals surface area contributed by atoms with E-state index in [0.29, 0.717) is 10.6 Å². The van der Waals surface area contributed by atoms with Gasteiger partial charge in [-0.2, -0.15) is 0 Å². The molecule has 1 atom stereocenters. The fraction of sp³-hybridized carbons (Fsp3) is 0.231. The summed E-state index contributed by atoms with van der Waals surface area (Å²) in [5.74, 6) is 0. The largest absolute Gasteiger partial charge is 0.279 e. The second-order valence-electron chi connectivity index (χ2n) is 4.28. The molecular weight excluding hydrogens is 426 g/mol. The van der Waals surface area contributed by atoms with Crippen LogP contribution in [0, 0.1) is 6.92 Å². The first kappa shape index (κ1) is 16.0. The lowest BCUT2D eigenvalue weighted by atomic mass is 10.1. The van der Waals surface area contributed by atoms with Crippen LogP contribution in [0.25, 0.3) is 0 Å². The monoisotopic (exact) mass is 437 g/mol. The molecule has 1 aromatic carbocycles. The molecule has 0 fully saturated rings. The summed E-state index contributed by atoms with van der Waals surface area (Å²) < 4.78 is 28.4. The highest BCUT2D eigenvalue weighted by atomic mass is 79.9. The Hall–Kier alpha value is -0.370. The molecule has 0 saturated carbocycles. The first-order valence-corrected chi connectivity index (χ1v) is 9.84. The molecule has 108 valence electrons. The third-order valence-corrected chi connectivity index (χ3v) is 6.43. The molecule has 0 spiro atoms. The molecule has 1 aromatic heterocycles. The van der Waals surface area contributed by atoms with Gasteiger partial charge in [-0.3, -0.25) is 4.72 Å². The minimum absolute atomic E-state index is 0.0664. The quantitative estimate of drug-likeness (QED) is 0.676. The van der Waals surface area contributed by atoms with Gasteiger partial charge in [0, 0.05) is 9.70 Å². The van der Waals surface area contributed by atoms with Crippen LogP contribution in [0.4, 0.5) is 5.69 Å². The predicted octanol–water partition coefficient (Wildman–Crippen LogP) is 5.08. The van der Waals surface area contributed by atoms with Gasteiger partial charge in [0.25, 0.3) is 10.0 Å². The number of sulfonamides is 1. The van der Waals surface area contributed by atoms with Crippen molar-refractivity contribution in [2.24, 2.45) is 0 Å². The van der Waals surface area contributed by atoms with Gasteiger partial charge in [-0.15, -0.1) is 11.3 Å². The number of benzene rings is 1. The molecule has 0 aliphatic carbocycles. The molecule has 7 heteroatoms. The lowest BCUT2D eigenvalue weighted by molar-refractivity contribution is 0.601. The number of alkyl halides is 1. The van der Waals surface area contributed by atoms with Gasteiger partial charge in [0.05, 0.1) is 9.47 Å². The normalized spacial score (nSPS) is 13.2. The zero-order valence-corrected chi connectivity index (χ0v) is 15.7. The summed E-state index contributed by atoms with van der Waals surface area (Å²) >= 11 is 8.20. The highest BCUT2D eigenvalue weighted by molar-refractivity contribution is 9.11. The van der Waals surface area contributed by atoms with Gasteiger partial charge >= 0.3 is 0 Å². The van der Waals surface area contributed by atoms with E-state index in [1.54, 1.807) is 19.1 Å². The number of thiophene rings is 1. The molecule has 0 aliphatic heterocycles. The minimum Gasteiger partial charge on any atom is -0.279 e. The number of rotatable bonds is 4. The lowest BCUT2D eigenvalue weighted by Gasteiger charge is -2.13. The molecule has 0 radical (unpaired) electrons. The third kappa shape index (κ3) is 3.44. The summed E-state index contributed by atoms with van der Waals surface area (Å²) in [6, 6.07) is 8.99. The van der Waals surface area contributed by atoms with Gasteiger partial charge in [-0.1, -0.05) is 34.1 Å². The molecule has 3 nitrogen and oxygen atoms in total. The topological polar surface area (TPSA) is 46.2 Å². The summed E-state index contributed by atoms with van der Waals surface area (Å²) in [6.07, 6.45) is 0. The molecule has 0 bridgehead atoms. The van der Waals surface area contributed by atoms with Gasteiger partial charge in [0.2, 0.25) is 0 Å². The Kier molecular flexibility index (Phi) is 4.94. The van der Waals surface area contributed by atoms with Crippen LogP contribution in [-0.4, -0.2) is 8.42 Å². The summed E-state index contributed by atoms with van der Waals surface area (Å²) in [5.41, 5.74) is 1.50. The van der Waals surface area contributed by atoms with E-state index in [4.69, 9.17) is 0 Å². The van der Waals surface area contributed by atoms with Crippen LogP contribution in [0.2, 0.25) is 0 Å². The second-order valence-corrected chi connectivity index (χ2v) is 9.94. The van der Waals surface area contributed by atoms with Crippen molar-refractivity contribution >= 4 is 58.9 Å². The molecule has 2 aromatic rings. The first-order valence-electron chi connectivity index (χ1n) is 5.83. The van der Waals surface area contributed by atoms with Crippen LogP contribution < -0.4 is 4.72 Å². The average molecular weight is 439 g/mol. The highest BCUT2D eigenvalue weighted by Gasteiger charge is 2.21. The predicted molar refractivity (Wildman–Crippen MR) is 91.3 cm³/mol. The van der Waals surface area contributed by atoms with Crippen molar-refractivity contribution in [2.75, 3.05) is 4.72 Å². The van der Waals surface area contributed by atoms with Crippen LogP contribution in [0.15, 0.2) is 39.0 Å². The SMILES string of the molecule is Cc1sc(Br)cc1S(=O)(=O)Nc1ccccc1C(C)Br. The van der Waals surface area contributed by atoms with Crippen molar-refractivity contribution in [3.63, 3.8) is 0 Å². The van der Waals surface area contributed by atoms with Crippen LogP contribution in [0.1, 0.15) is 22.2 Å². The molecule has 1 heterocycles. The van der Waals surface area contributed by atoms with Gasteiger partial charge in [-0.25, -0.2) is 8.42 Å². The second kappa shape index (κ2) is 6.17. The molecule has 0 aliphatic rings. The van der Waals surface area contributed by atoms with E-state index < -0.39 is 10.0 Å². The molecule has 20 heavy (non-hydrogen) atoms. The van der Waals surface area contributed by atoms with Crippen LogP contribution in [0.3, 0.4) is 0 Å². The number of nitrogens with one attached hydrogen (secondary N) is 1. The van der Waals surface area contributed by atoms with Crippen LogP contribution in [0.5, 0.6) is 0 Å². The Bertz CT molecular complexity index is 724. The summed E-state index contributed by atoms with van der Waals surface area (Å²) in [5, 5.41) is 0. The Balaban J connectivity index is 2.41. The minimum atomic E-state index is -3.57. The summed E-state index contributed by atoms with van der Waals surface area (Å²) in [6.45, 7) is 3.75. The molecule has 1 unspecified atom stereocenters. The van der Waals surface area contributed by atoms with Crippen molar-refractivity contribution in [3.8, 4) is 0 Å². The van der Waals surface area contributed by atoms with Crippen LogP contribution >= 0.6 is 43.2 Å². The fourth-order valence-corrected chi connectivity index (χ4v) is 5.74. The van der Waals surface area contributed by atoms with E-state index in [9.17, 15) is 8.42 Å². The standard InChI is InChI=1S/C13H13Br2NO2S2/c1-8(14)10-5-3-4-6-11(10)16-20(17,18)12-7-13(15)19-9(12)2/h3-8,16H,1-2H3. The van der Waals surface area contributed by atoms with E-state index in [-0.39, 0.29) is 4.83 Å². The Morgan fingerprint density at radius 3 is 2.50 bits per heavy atom. The summed E-state index contributed by atoms with van der Waals surface area (Å²) in [7, 11) is -3.57. The van der Waals surface area contributed by atoms with Crippen molar-refractivity contribution in [1.82, 2.24) is 0 Å². The van der Waals surface area contributed by atoms with E-state index in [1.165, 1.54) is 11.3 Å². The Morgan fingerprint density at radius 1 is 1.30 bits per heavy atom. The molecular formula is C13H13Br2NO2S2. The molecule has 0 amide bonds. The zero-order chi connectivity index (χ0) is 14.9. The lowest BCUT2D eigenvalue weighted by Crippen LogP contribution is -2.14. The van der Waals surface area contributed by atoms with Gasteiger partial charge in [-0.05, 0) is 47.5 Å². The third-order valence-electron chi connectivity index (χ3n) is 2.77. The Morgan fingerprint density at radius 2 is 1.95 bits per heavy atom. The maximum absolute atomic E-state index is 12.5. The number of hydrogen-bond acceptors (Lipinski definition) is 3. The highest BCUT2D eigenvalue weighted by Crippen LogP contribution is 2.33. The fourth-order valence-electron chi connectivity index (χ4n) is 1.83. The van der Waals surface area contributed by atoms with Crippen molar-refractivity contribution in [2.45, 2.75) is 23.6 Å². The van der Waals surface area contributed by atoms with Crippen molar-refractivity contribution in [1.29, 1.82) is 0 Å².